The number of rotatable bonds is 8. The van der Waals surface area contributed by atoms with E-state index in [0.29, 0.717) is 0 Å². The smallest absolute Gasteiger partial charge is 0.370 e. The second kappa shape index (κ2) is 8.70. The highest BCUT2D eigenvalue weighted by molar-refractivity contribution is 5.89. The predicted octanol–water partition coefficient (Wildman–Crippen LogP) is 1.91. The van der Waals surface area contributed by atoms with Crippen molar-refractivity contribution < 1.29 is 27.5 Å². The lowest BCUT2D eigenvalue weighted by molar-refractivity contribution is -0.173. The van der Waals surface area contributed by atoms with Crippen LogP contribution < -0.4 is 10.6 Å². The van der Waals surface area contributed by atoms with Crippen LogP contribution >= 0.6 is 0 Å². The minimum atomic E-state index is -4.40. The Hall–Kier alpha value is -2.55. The Labute approximate surface area is 148 Å². The lowest BCUT2D eigenvalue weighted by Crippen LogP contribution is -2.48. The first-order valence-electron chi connectivity index (χ1n) is 8.00. The molecule has 1 heterocycles. The van der Waals surface area contributed by atoms with Crippen LogP contribution in [0.15, 0.2) is 30.5 Å². The molecule has 0 fully saturated rings. The van der Waals surface area contributed by atoms with Crippen LogP contribution in [0, 0.1) is 0 Å². The average molecular weight is 371 g/mol. The molecule has 0 aliphatic carbocycles. The summed E-state index contributed by atoms with van der Waals surface area (Å²) in [6.45, 7) is -0.431. The van der Waals surface area contributed by atoms with Crippen LogP contribution in [0.1, 0.15) is 12.5 Å². The molecule has 0 aliphatic rings. The fourth-order valence-corrected chi connectivity index (χ4v) is 2.53. The second-order valence-corrected chi connectivity index (χ2v) is 5.78. The molecule has 6 nitrogen and oxygen atoms in total. The third kappa shape index (κ3) is 6.07. The minimum absolute atomic E-state index is 0.0844. The lowest BCUT2D eigenvalue weighted by atomic mass is 10.0. The standard InChI is InChI=1S/C17H20F3N3O3/c1-11(24)23-15(16(25)21-6-7-26-10-17(18,19)20)8-12-9-22-14-5-3-2-4-13(12)14/h2-5,9,15,22H,6-8,10H2,1H3,(H,21,25)(H,23,24). The van der Waals surface area contributed by atoms with Crippen molar-refractivity contribution in [1.82, 2.24) is 15.6 Å². The Morgan fingerprint density at radius 2 is 2.00 bits per heavy atom. The molecule has 2 amide bonds. The number of nitrogens with one attached hydrogen (secondary N) is 3. The van der Waals surface area contributed by atoms with E-state index in [9.17, 15) is 22.8 Å². The third-order valence-electron chi connectivity index (χ3n) is 3.60. The molecule has 0 spiro atoms. The van der Waals surface area contributed by atoms with Gasteiger partial charge in [0.2, 0.25) is 11.8 Å². The number of H-pyrrole nitrogens is 1. The summed E-state index contributed by atoms with van der Waals surface area (Å²) in [7, 11) is 0. The van der Waals surface area contributed by atoms with Crippen LogP contribution in [0.3, 0.4) is 0 Å². The van der Waals surface area contributed by atoms with Crippen molar-refractivity contribution >= 4 is 22.7 Å². The molecule has 26 heavy (non-hydrogen) atoms. The third-order valence-corrected chi connectivity index (χ3v) is 3.60. The number of alkyl halides is 3. The summed E-state index contributed by atoms with van der Waals surface area (Å²) in [6, 6.07) is 6.70. The summed E-state index contributed by atoms with van der Waals surface area (Å²) in [5.74, 6) is -0.862. The van der Waals surface area contributed by atoms with Crippen molar-refractivity contribution in [3.05, 3.63) is 36.0 Å². The maximum atomic E-state index is 12.3. The number of benzene rings is 1. The number of ether oxygens (including phenoxy) is 1. The van der Waals surface area contributed by atoms with E-state index in [1.54, 1.807) is 6.20 Å². The first-order chi connectivity index (χ1) is 12.3. The number of aromatic amines is 1. The summed E-state index contributed by atoms with van der Waals surface area (Å²) in [6.07, 6.45) is -2.39. The molecule has 3 N–H and O–H groups in total. The zero-order valence-electron chi connectivity index (χ0n) is 14.2. The van der Waals surface area contributed by atoms with Gasteiger partial charge in [-0.3, -0.25) is 9.59 Å². The van der Waals surface area contributed by atoms with Crippen molar-refractivity contribution in [3.63, 3.8) is 0 Å². The largest absolute Gasteiger partial charge is 0.411 e. The Kier molecular flexibility index (Phi) is 6.62. The van der Waals surface area contributed by atoms with Gasteiger partial charge in [-0.25, -0.2) is 0 Å². The number of amides is 2. The quantitative estimate of drug-likeness (QED) is 0.620. The van der Waals surface area contributed by atoms with Crippen molar-refractivity contribution in [2.24, 2.45) is 0 Å². The van der Waals surface area contributed by atoms with Gasteiger partial charge in [-0.05, 0) is 11.6 Å². The van der Waals surface area contributed by atoms with E-state index in [4.69, 9.17) is 0 Å². The minimum Gasteiger partial charge on any atom is -0.370 e. The number of aromatic nitrogens is 1. The number of hydrogen-bond donors (Lipinski definition) is 3. The van der Waals surface area contributed by atoms with E-state index in [-0.39, 0.29) is 25.5 Å². The van der Waals surface area contributed by atoms with Crippen molar-refractivity contribution in [2.45, 2.75) is 25.6 Å². The number of para-hydroxylation sites is 1. The Bertz CT molecular complexity index is 758. The average Bonchev–Trinajstić information content (AvgIpc) is 2.95. The normalized spacial score (nSPS) is 12.8. The predicted molar refractivity (Wildman–Crippen MR) is 89.5 cm³/mol. The molecule has 9 heteroatoms. The molecule has 1 unspecified atom stereocenters. The SMILES string of the molecule is CC(=O)NC(Cc1c[nH]c2ccccc12)C(=O)NCCOCC(F)(F)F. The van der Waals surface area contributed by atoms with Gasteiger partial charge in [0.1, 0.15) is 12.6 Å². The highest BCUT2D eigenvalue weighted by Gasteiger charge is 2.27. The molecular formula is C17H20F3N3O3. The molecule has 0 saturated heterocycles. The van der Waals surface area contributed by atoms with Gasteiger partial charge in [0.05, 0.1) is 6.61 Å². The number of hydrogen-bond acceptors (Lipinski definition) is 3. The molecule has 1 atom stereocenters. The van der Waals surface area contributed by atoms with E-state index in [0.717, 1.165) is 16.5 Å². The maximum Gasteiger partial charge on any atom is 0.411 e. The molecule has 0 bridgehead atoms. The van der Waals surface area contributed by atoms with E-state index >= 15 is 0 Å². The zero-order valence-corrected chi connectivity index (χ0v) is 14.2. The molecule has 0 aliphatic heterocycles. The van der Waals surface area contributed by atoms with Crippen molar-refractivity contribution in [1.29, 1.82) is 0 Å². The summed E-state index contributed by atoms with van der Waals surface area (Å²) < 4.78 is 40.4. The summed E-state index contributed by atoms with van der Waals surface area (Å²) in [5, 5.41) is 5.98. The van der Waals surface area contributed by atoms with Crippen LogP contribution in [0.2, 0.25) is 0 Å². The molecular weight excluding hydrogens is 351 g/mol. The molecule has 142 valence electrons. The molecule has 2 rings (SSSR count). The van der Waals surface area contributed by atoms with Crippen molar-refractivity contribution in [2.75, 3.05) is 19.8 Å². The van der Waals surface area contributed by atoms with Gasteiger partial charge in [-0.1, -0.05) is 18.2 Å². The van der Waals surface area contributed by atoms with E-state index in [1.807, 2.05) is 24.3 Å². The lowest BCUT2D eigenvalue weighted by Gasteiger charge is -2.17. The van der Waals surface area contributed by atoms with Gasteiger partial charge in [-0.15, -0.1) is 0 Å². The van der Waals surface area contributed by atoms with Gasteiger partial charge in [-0.2, -0.15) is 13.2 Å². The monoisotopic (exact) mass is 371 g/mol. The van der Waals surface area contributed by atoms with Crippen molar-refractivity contribution in [3.8, 4) is 0 Å². The molecule has 2 aromatic rings. The number of carbonyl (C=O) groups is 2. The van der Waals surface area contributed by atoms with E-state index in [1.165, 1.54) is 6.92 Å². The van der Waals surface area contributed by atoms with Crippen LogP contribution in [0.4, 0.5) is 13.2 Å². The van der Waals surface area contributed by atoms with Crippen LogP contribution in [-0.4, -0.2) is 48.8 Å². The van der Waals surface area contributed by atoms with E-state index < -0.39 is 24.7 Å². The van der Waals surface area contributed by atoms with Gasteiger partial charge >= 0.3 is 6.18 Å². The van der Waals surface area contributed by atoms with Crippen LogP contribution in [0.25, 0.3) is 10.9 Å². The fraction of sp³-hybridized carbons (Fsp3) is 0.412. The highest BCUT2D eigenvalue weighted by atomic mass is 19.4. The van der Waals surface area contributed by atoms with Gasteiger partial charge in [0.25, 0.3) is 0 Å². The molecule has 1 aromatic heterocycles. The van der Waals surface area contributed by atoms with Gasteiger partial charge < -0.3 is 20.4 Å². The Morgan fingerprint density at radius 1 is 1.27 bits per heavy atom. The molecule has 0 saturated carbocycles. The first-order valence-corrected chi connectivity index (χ1v) is 8.00. The number of halogens is 3. The molecule has 1 aromatic carbocycles. The van der Waals surface area contributed by atoms with Gasteiger partial charge in [0, 0.05) is 37.0 Å². The van der Waals surface area contributed by atoms with Gasteiger partial charge in [0.15, 0.2) is 0 Å². The van der Waals surface area contributed by atoms with Crippen LogP contribution in [0.5, 0.6) is 0 Å². The second-order valence-electron chi connectivity index (χ2n) is 5.78. The Morgan fingerprint density at radius 3 is 2.69 bits per heavy atom. The number of fused-ring (bicyclic) bond motifs is 1. The highest BCUT2D eigenvalue weighted by Crippen LogP contribution is 2.19. The topological polar surface area (TPSA) is 83.2 Å². The first kappa shape index (κ1) is 19.8. The fourth-order valence-electron chi connectivity index (χ4n) is 2.53. The van der Waals surface area contributed by atoms with Crippen LogP contribution in [-0.2, 0) is 20.7 Å². The summed E-state index contributed by atoms with van der Waals surface area (Å²) in [5.41, 5.74) is 1.76. The molecule has 0 radical (unpaired) electrons. The number of carbonyl (C=O) groups excluding carboxylic acids is 2. The van der Waals surface area contributed by atoms with E-state index in [2.05, 4.69) is 20.4 Å². The Balaban J connectivity index is 1.93. The summed E-state index contributed by atoms with van der Waals surface area (Å²) in [4.78, 5) is 26.8. The summed E-state index contributed by atoms with van der Waals surface area (Å²) >= 11 is 0. The zero-order chi connectivity index (χ0) is 19.2. The maximum absolute atomic E-state index is 12.3.